The van der Waals surface area contributed by atoms with E-state index in [1.165, 1.54) is 7.05 Å². The minimum Gasteiger partial charge on any atom is -0.357 e. The monoisotopic (exact) mass is 201 g/mol. The van der Waals surface area contributed by atoms with Crippen LogP contribution in [0.15, 0.2) is 0 Å². The van der Waals surface area contributed by atoms with Crippen LogP contribution >= 0.6 is 0 Å². The molecule has 0 heterocycles. The minimum absolute atomic E-state index is 0.198. The van der Waals surface area contributed by atoms with Crippen LogP contribution in [0.3, 0.4) is 0 Å². The van der Waals surface area contributed by atoms with Gasteiger partial charge in [0.05, 0.1) is 0 Å². The average Bonchev–Trinajstić information content (AvgIpc) is 2.16. The van der Waals surface area contributed by atoms with E-state index in [1.54, 1.807) is 6.92 Å². The third-order valence-electron chi connectivity index (χ3n) is 1.80. The molecule has 5 heteroatoms. The molecule has 0 bridgehead atoms. The summed E-state index contributed by atoms with van der Waals surface area (Å²) in [5, 5.41) is 7.65. The largest absolute Gasteiger partial charge is 0.357 e. The quantitative estimate of drug-likeness (QED) is 0.557. The molecule has 0 aliphatic rings. The molecule has 0 aromatic carbocycles. The lowest BCUT2D eigenvalue weighted by atomic mass is 10.3. The molecule has 3 N–H and O–H groups in total. The Balaban J connectivity index is 3.65. The summed E-state index contributed by atoms with van der Waals surface area (Å²) in [6.45, 7) is 4.33. The van der Waals surface area contributed by atoms with Crippen LogP contribution in [0.25, 0.3) is 0 Å². The van der Waals surface area contributed by atoms with Crippen LogP contribution < -0.4 is 16.0 Å². The number of urea groups is 1. The molecule has 0 radical (unpaired) electrons. The Kier molecular flexibility index (Phi) is 6.53. The summed E-state index contributed by atoms with van der Waals surface area (Å²) in [5.41, 5.74) is 0. The molecule has 0 spiro atoms. The summed E-state index contributed by atoms with van der Waals surface area (Å²) >= 11 is 0. The highest BCUT2D eigenvalue weighted by Gasteiger charge is 2.12. The first-order valence-electron chi connectivity index (χ1n) is 4.87. The van der Waals surface area contributed by atoms with Crippen molar-refractivity contribution < 1.29 is 9.59 Å². The van der Waals surface area contributed by atoms with Gasteiger partial charge in [0.2, 0.25) is 5.91 Å². The van der Waals surface area contributed by atoms with Crippen LogP contribution in [0.1, 0.15) is 26.7 Å². The van der Waals surface area contributed by atoms with E-state index in [1.807, 2.05) is 6.92 Å². The summed E-state index contributed by atoms with van der Waals surface area (Å²) in [6, 6.07) is -0.795. The van der Waals surface area contributed by atoms with Gasteiger partial charge in [-0.3, -0.25) is 4.79 Å². The molecule has 82 valence electrons. The van der Waals surface area contributed by atoms with E-state index in [2.05, 4.69) is 16.0 Å². The maximum Gasteiger partial charge on any atom is 0.315 e. The Morgan fingerprint density at radius 3 is 2.50 bits per heavy atom. The summed E-state index contributed by atoms with van der Waals surface area (Å²) in [6.07, 6.45) is 1.98. The van der Waals surface area contributed by atoms with Crippen LogP contribution in [0.5, 0.6) is 0 Å². The van der Waals surface area contributed by atoms with Gasteiger partial charge in [-0.2, -0.15) is 0 Å². The van der Waals surface area contributed by atoms with Gasteiger partial charge in [0, 0.05) is 13.6 Å². The molecular formula is C9H19N3O2. The van der Waals surface area contributed by atoms with Crippen LogP contribution in [0.4, 0.5) is 4.79 Å². The smallest absolute Gasteiger partial charge is 0.315 e. The Labute approximate surface area is 84.6 Å². The number of unbranched alkanes of at least 4 members (excludes halogenated alkanes) is 1. The number of carbonyl (C=O) groups excluding carboxylic acids is 2. The number of hydrogen-bond acceptors (Lipinski definition) is 2. The Hall–Kier alpha value is -1.26. The predicted octanol–water partition coefficient (Wildman–Crippen LogP) is 0.220. The highest BCUT2D eigenvalue weighted by Crippen LogP contribution is 1.84. The summed E-state index contributed by atoms with van der Waals surface area (Å²) < 4.78 is 0. The van der Waals surface area contributed by atoms with Crippen molar-refractivity contribution in [3.8, 4) is 0 Å². The minimum atomic E-state index is -0.498. The fraction of sp³-hybridized carbons (Fsp3) is 0.778. The number of likely N-dealkylation sites (N-methyl/N-ethyl adjacent to an activating group) is 1. The summed E-state index contributed by atoms with van der Waals surface area (Å²) in [4.78, 5) is 22.2. The van der Waals surface area contributed by atoms with Crippen LogP contribution in [0, 0.1) is 0 Å². The van der Waals surface area contributed by atoms with Crippen molar-refractivity contribution in [3.63, 3.8) is 0 Å². The van der Waals surface area contributed by atoms with Gasteiger partial charge in [-0.15, -0.1) is 0 Å². The molecule has 0 saturated heterocycles. The van der Waals surface area contributed by atoms with E-state index in [9.17, 15) is 9.59 Å². The first kappa shape index (κ1) is 12.7. The standard InChI is InChI=1S/C9H19N3O2/c1-4-5-6-11-9(14)12-7(2)8(13)10-3/h7H,4-6H2,1-3H3,(H,10,13)(H2,11,12,14). The van der Waals surface area contributed by atoms with Crippen molar-refractivity contribution in [2.24, 2.45) is 0 Å². The van der Waals surface area contributed by atoms with E-state index in [0.717, 1.165) is 12.8 Å². The molecule has 0 aromatic heterocycles. The predicted molar refractivity (Wildman–Crippen MR) is 55.0 cm³/mol. The Morgan fingerprint density at radius 2 is 2.00 bits per heavy atom. The highest BCUT2D eigenvalue weighted by atomic mass is 16.2. The molecule has 0 aromatic rings. The van der Waals surface area contributed by atoms with E-state index < -0.39 is 6.04 Å². The summed E-state index contributed by atoms with van der Waals surface area (Å²) in [5.74, 6) is -0.198. The molecule has 1 atom stereocenters. The van der Waals surface area contributed by atoms with E-state index >= 15 is 0 Å². The van der Waals surface area contributed by atoms with Crippen molar-refractivity contribution in [1.29, 1.82) is 0 Å². The lowest BCUT2D eigenvalue weighted by molar-refractivity contribution is -0.122. The molecule has 0 saturated carbocycles. The maximum atomic E-state index is 11.1. The fourth-order valence-corrected chi connectivity index (χ4v) is 0.908. The van der Waals surface area contributed by atoms with Gasteiger partial charge in [-0.05, 0) is 13.3 Å². The zero-order valence-corrected chi connectivity index (χ0v) is 9.02. The third-order valence-corrected chi connectivity index (χ3v) is 1.80. The molecule has 3 amide bonds. The highest BCUT2D eigenvalue weighted by molar-refractivity contribution is 5.86. The molecule has 0 fully saturated rings. The topological polar surface area (TPSA) is 70.2 Å². The van der Waals surface area contributed by atoms with Crippen molar-refractivity contribution in [3.05, 3.63) is 0 Å². The normalized spacial score (nSPS) is 11.6. The molecule has 0 aliphatic heterocycles. The lowest BCUT2D eigenvalue weighted by Crippen LogP contribution is -2.47. The van der Waals surface area contributed by atoms with Gasteiger partial charge in [-0.1, -0.05) is 13.3 Å². The molecule has 5 nitrogen and oxygen atoms in total. The van der Waals surface area contributed by atoms with E-state index in [-0.39, 0.29) is 11.9 Å². The van der Waals surface area contributed by atoms with E-state index in [4.69, 9.17) is 0 Å². The Morgan fingerprint density at radius 1 is 1.36 bits per heavy atom. The van der Waals surface area contributed by atoms with E-state index in [0.29, 0.717) is 6.54 Å². The zero-order chi connectivity index (χ0) is 11.0. The molecular weight excluding hydrogens is 182 g/mol. The number of nitrogens with one attached hydrogen (secondary N) is 3. The molecule has 14 heavy (non-hydrogen) atoms. The first-order valence-corrected chi connectivity index (χ1v) is 4.87. The van der Waals surface area contributed by atoms with Gasteiger partial charge in [0.1, 0.15) is 6.04 Å². The number of amides is 3. The molecule has 0 aliphatic carbocycles. The van der Waals surface area contributed by atoms with Crippen LogP contribution in [-0.4, -0.2) is 31.6 Å². The van der Waals surface area contributed by atoms with Gasteiger partial charge in [0.25, 0.3) is 0 Å². The number of hydrogen-bond donors (Lipinski definition) is 3. The van der Waals surface area contributed by atoms with Crippen molar-refractivity contribution in [2.45, 2.75) is 32.7 Å². The Bertz CT molecular complexity index is 194. The van der Waals surface area contributed by atoms with Crippen molar-refractivity contribution in [2.75, 3.05) is 13.6 Å². The average molecular weight is 201 g/mol. The van der Waals surface area contributed by atoms with Crippen molar-refractivity contribution in [1.82, 2.24) is 16.0 Å². The van der Waals surface area contributed by atoms with Gasteiger partial charge >= 0.3 is 6.03 Å². The number of rotatable bonds is 5. The lowest BCUT2D eigenvalue weighted by Gasteiger charge is -2.12. The van der Waals surface area contributed by atoms with Gasteiger partial charge < -0.3 is 16.0 Å². The fourth-order valence-electron chi connectivity index (χ4n) is 0.908. The third kappa shape index (κ3) is 5.40. The molecule has 0 rings (SSSR count). The summed E-state index contributed by atoms with van der Waals surface area (Å²) in [7, 11) is 1.54. The second-order valence-electron chi connectivity index (χ2n) is 3.09. The zero-order valence-electron chi connectivity index (χ0n) is 9.02. The van der Waals surface area contributed by atoms with Crippen LogP contribution in [0.2, 0.25) is 0 Å². The second-order valence-corrected chi connectivity index (χ2v) is 3.09. The number of carbonyl (C=O) groups is 2. The first-order chi connectivity index (χ1) is 6.61. The van der Waals surface area contributed by atoms with Gasteiger partial charge in [-0.25, -0.2) is 4.79 Å². The molecule has 1 unspecified atom stereocenters. The van der Waals surface area contributed by atoms with Crippen LogP contribution in [-0.2, 0) is 4.79 Å². The maximum absolute atomic E-state index is 11.1. The van der Waals surface area contributed by atoms with Gasteiger partial charge in [0.15, 0.2) is 0 Å². The SMILES string of the molecule is CCCCNC(=O)NC(C)C(=O)NC. The second kappa shape index (κ2) is 7.17. The van der Waals surface area contributed by atoms with Crippen molar-refractivity contribution >= 4 is 11.9 Å².